The molecule has 1 unspecified atom stereocenters. The molecule has 0 heterocycles. The lowest BCUT2D eigenvalue weighted by Gasteiger charge is -2.36. The quantitative estimate of drug-likeness (QED) is 0.802. The van der Waals surface area contributed by atoms with Crippen LogP contribution in [0.2, 0.25) is 0 Å². The van der Waals surface area contributed by atoms with Gasteiger partial charge in [0.05, 0.1) is 0 Å². The number of hydrogen-bond acceptors (Lipinski definition) is 2. The van der Waals surface area contributed by atoms with Crippen LogP contribution in [0.15, 0.2) is 0 Å². The molecule has 0 aliphatic carbocycles. The third-order valence-electron chi connectivity index (χ3n) is 3.74. The van der Waals surface area contributed by atoms with Crippen molar-refractivity contribution in [3.63, 3.8) is 0 Å². The second-order valence-corrected chi connectivity index (χ2v) is 6.44. The lowest BCUT2D eigenvalue weighted by Crippen LogP contribution is -2.50. The molecule has 3 heteroatoms. The Morgan fingerprint density at radius 3 is 2.00 bits per heavy atom. The molecule has 0 bridgehead atoms. The minimum atomic E-state index is -0.255. The maximum absolute atomic E-state index is 12.1. The Kier molecular flexibility index (Phi) is 4.99. The minimum Gasteiger partial charge on any atom is -0.339 e. The highest BCUT2D eigenvalue weighted by atomic mass is 16.2. The molecule has 1 amide bonds. The molecule has 0 aromatic carbocycles. The number of nitrogens with two attached hydrogens (primary N) is 1. The molecular formula is C13H28N2O. The summed E-state index contributed by atoms with van der Waals surface area (Å²) >= 11 is 0. The Balaban J connectivity index is 4.49. The fraction of sp³-hybridized carbons (Fsp3) is 0.923. The summed E-state index contributed by atoms with van der Waals surface area (Å²) in [6.07, 6.45) is 0.587. The summed E-state index contributed by atoms with van der Waals surface area (Å²) in [5.74, 6) is 0.550. The first-order valence-corrected chi connectivity index (χ1v) is 5.99. The zero-order valence-corrected chi connectivity index (χ0v) is 11.9. The number of hydrogen-bond donors (Lipinski definition) is 1. The Bertz CT molecular complexity index is 241. The van der Waals surface area contributed by atoms with E-state index in [0.29, 0.717) is 18.9 Å². The lowest BCUT2D eigenvalue weighted by molar-refractivity contribution is -0.136. The van der Waals surface area contributed by atoms with E-state index in [0.717, 1.165) is 0 Å². The largest absolute Gasteiger partial charge is 0.339 e. The van der Waals surface area contributed by atoms with E-state index in [1.807, 2.05) is 20.9 Å². The van der Waals surface area contributed by atoms with Gasteiger partial charge in [-0.15, -0.1) is 0 Å². The van der Waals surface area contributed by atoms with Gasteiger partial charge in [0.1, 0.15) is 0 Å². The fourth-order valence-corrected chi connectivity index (χ4v) is 1.18. The molecule has 1 atom stereocenters. The predicted octanol–water partition coefficient (Wildman–Crippen LogP) is 2.25. The summed E-state index contributed by atoms with van der Waals surface area (Å²) in [5, 5.41) is 0. The zero-order chi connectivity index (χ0) is 13.1. The van der Waals surface area contributed by atoms with Gasteiger partial charge in [0, 0.05) is 25.6 Å². The molecule has 0 aliphatic rings. The van der Waals surface area contributed by atoms with Crippen molar-refractivity contribution in [3.05, 3.63) is 0 Å². The first-order valence-electron chi connectivity index (χ1n) is 5.99. The third kappa shape index (κ3) is 4.12. The van der Waals surface area contributed by atoms with E-state index in [4.69, 9.17) is 5.73 Å². The van der Waals surface area contributed by atoms with E-state index in [9.17, 15) is 4.79 Å². The van der Waals surface area contributed by atoms with Gasteiger partial charge in [-0.25, -0.2) is 0 Å². The SMILES string of the molecule is CC(CC(=O)N(C)C(C)(C)CN)C(C)(C)C. The average Bonchev–Trinajstić information content (AvgIpc) is 2.14. The molecule has 0 saturated carbocycles. The van der Waals surface area contributed by atoms with Gasteiger partial charge in [0.2, 0.25) is 5.91 Å². The summed E-state index contributed by atoms with van der Waals surface area (Å²) in [5.41, 5.74) is 5.58. The van der Waals surface area contributed by atoms with Gasteiger partial charge in [-0.05, 0) is 25.2 Å². The molecule has 0 saturated heterocycles. The molecule has 3 nitrogen and oxygen atoms in total. The maximum Gasteiger partial charge on any atom is 0.223 e. The van der Waals surface area contributed by atoms with Crippen LogP contribution in [0.25, 0.3) is 0 Å². The standard InChI is InChI=1S/C13H28N2O/c1-10(12(2,3)4)8-11(16)15(7)13(5,6)9-14/h10H,8-9,14H2,1-7H3. The van der Waals surface area contributed by atoms with Crippen molar-refractivity contribution in [3.8, 4) is 0 Å². The van der Waals surface area contributed by atoms with Crippen molar-refractivity contribution in [1.29, 1.82) is 0 Å². The monoisotopic (exact) mass is 228 g/mol. The molecule has 0 fully saturated rings. The van der Waals surface area contributed by atoms with Gasteiger partial charge in [-0.2, -0.15) is 0 Å². The Hall–Kier alpha value is -0.570. The minimum absolute atomic E-state index is 0.170. The van der Waals surface area contributed by atoms with Gasteiger partial charge in [-0.1, -0.05) is 27.7 Å². The number of carbonyl (C=O) groups is 1. The lowest BCUT2D eigenvalue weighted by atomic mass is 9.80. The first kappa shape index (κ1) is 15.4. The summed E-state index contributed by atoms with van der Waals surface area (Å²) in [7, 11) is 1.84. The van der Waals surface area contributed by atoms with E-state index >= 15 is 0 Å². The predicted molar refractivity (Wildman–Crippen MR) is 69.1 cm³/mol. The van der Waals surface area contributed by atoms with E-state index in [1.54, 1.807) is 4.90 Å². The van der Waals surface area contributed by atoms with E-state index in [1.165, 1.54) is 0 Å². The van der Waals surface area contributed by atoms with Crippen molar-refractivity contribution < 1.29 is 4.79 Å². The molecule has 0 aromatic heterocycles. The van der Waals surface area contributed by atoms with Crippen molar-refractivity contribution in [2.24, 2.45) is 17.1 Å². The van der Waals surface area contributed by atoms with E-state index in [-0.39, 0.29) is 16.9 Å². The maximum atomic E-state index is 12.1. The highest BCUT2D eigenvalue weighted by molar-refractivity contribution is 5.77. The van der Waals surface area contributed by atoms with Gasteiger partial charge >= 0.3 is 0 Å². The fourth-order valence-electron chi connectivity index (χ4n) is 1.18. The van der Waals surface area contributed by atoms with Crippen molar-refractivity contribution in [2.75, 3.05) is 13.6 Å². The molecule has 0 aliphatic heterocycles. The van der Waals surface area contributed by atoms with Crippen LogP contribution in [0.4, 0.5) is 0 Å². The van der Waals surface area contributed by atoms with Gasteiger partial charge < -0.3 is 10.6 Å². The molecule has 0 rings (SSSR count). The number of likely N-dealkylation sites (N-methyl/N-ethyl adjacent to an activating group) is 1. The van der Waals surface area contributed by atoms with Crippen molar-refractivity contribution in [2.45, 2.75) is 53.5 Å². The zero-order valence-electron chi connectivity index (χ0n) is 11.9. The smallest absolute Gasteiger partial charge is 0.223 e. The van der Waals surface area contributed by atoms with Crippen molar-refractivity contribution >= 4 is 5.91 Å². The average molecular weight is 228 g/mol. The van der Waals surface area contributed by atoms with Gasteiger partial charge in [0.25, 0.3) is 0 Å². The van der Waals surface area contributed by atoms with Crippen LogP contribution in [0.1, 0.15) is 48.0 Å². The highest BCUT2D eigenvalue weighted by Gasteiger charge is 2.29. The number of rotatable bonds is 4. The Morgan fingerprint density at radius 2 is 1.69 bits per heavy atom. The van der Waals surface area contributed by atoms with Crippen LogP contribution < -0.4 is 5.73 Å². The number of nitrogens with zero attached hydrogens (tertiary/aromatic N) is 1. The van der Waals surface area contributed by atoms with Crippen LogP contribution in [-0.4, -0.2) is 29.9 Å². The van der Waals surface area contributed by atoms with Crippen LogP contribution in [0.5, 0.6) is 0 Å². The molecular weight excluding hydrogens is 200 g/mol. The van der Waals surface area contributed by atoms with Crippen LogP contribution >= 0.6 is 0 Å². The summed E-state index contributed by atoms with van der Waals surface area (Å²) < 4.78 is 0. The summed E-state index contributed by atoms with van der Waals surface area (Å²) in [4.78, 5) is 13.8. The Labute approximate surface area is 100 Å². The molecule has 0 aromatic rings. The van der Waals surface area contributed by atoms with Crippen LogP contribution in [0.3, 0.4) is 0 Å². The normalized spacial score (nSPS) is 14.8. The van der Waals surface area contributed by atoms with E-state index in [2.05, 4.69) is 27.7 Å². The summed E-state index contributed by atoms with van der Waals surface area (Å²) in [6.45, 7) is 13.1. The molecule has 0 radical (unpaired) electrons. The topological polar surface area (TPSA) is 46.3 Å². The number of amides is 1. The van der Waals surface area contributed by atoms with Crippen molar-refractivity contribution in [1.82, 2.24) is 4.90 Å². The second-order valence-electron chi connectivity index (χ2n) is 6.44. The second kappa shape index (κ2) is 5.17. The van der Waals surface area contributed by atoms with Crippen LogP contribution in [-0.2, 0) is 4.79 Å². The molecule has 0 spiro atoms. The first-order chi connectivity index (χ1) is 7.02. The van der Waals surface area contributed by atoms with Gasteiger partial charge in [-0.3, -0.25) is 4.79 Å². The van der Waals surface area contributed by atoms with E-state index < -0.39 is 0 Å². The molecule has 2 N–H and O–H groups in total. The summed E-state index contributed by atoms with van der Waals surface area (Å²) in [6, 6.07) is 0. The highest BCUT2D eigenvalue weighted by Crippen LogP contribution is 2.29. The molecule has 96 valence electrons. The molecule has 16 heavy (non-hydrogen) atoms. The number of carbonyl (C=O) groups excluding carboxylic acids is 1. The van der Waals surface area contributed by atoms with Gasteiger partial charge in [0.15, 0.2) is 0 Å². The third-order valence-corrected chi connectivity index (χ3v) is 3.74. The Morgan fingerprint density at radius 1 is 1.25 bits per heavy atom. The van der Waals surface area contributed by atoms with Crippen LogP contribution in [0, 0.1) is 11.3 Å².